The van der Waals surface area contributed by atoms with Crippen molar-refractivity contribution in [1.82, 2.24) is 15.3 Å². The van der Waals surface area contributed by atoms with E-state index in [-0.39, 0.29) is 11.3 Å². The highest BCUT2D eigenvalue weighted by Gasteiger charge is 2.18. The summed E-state index contributed by atoms with van der Waals surface area (Å²) >= 11 is 0. The van der Waals surface area contributed by atoms with Gasteiger partial charge >= 0.3 is 0 Å². The number of carbonyl (C=O) groups is 1. The third-order valence-electron chi connectivity index (χ3n) is 3.71. The second kappa shape index (κ2) is 7.90. The van der Waals surface area contributed by atoms with E-state index in [1.54, 1.807) is 6.07 Å². The lowest BCUT2D eigenvalue weighted by Gasteiger charge is -2.23. The van der Waals surface area contributed by atoms with Gasteiger partial charge < -0.3 is 10.6 Å². The van der Waals surface area contributed by atoms with Crippen molar-refractivity contribution in [3.8, 4) is 0 Å². The van der Waals surface area contributed by atoms with E-state index in [1.165, 1.54) is 11.9 Å². The summed E-state index contributed by atoms with van der Waals surface area (Å²) in [5, 5.41) is 6.18. The Morgan fingerprint density at radius 3 is 2.62 bits per heavy atom. The molecule has 1 aromatic carbocycles. The molecule has 1 aromatic heterocycles. The van der Waals surface area contributed by atoms with Gasteiger partial charge in [0.15, 0.2) is 0 Å². The molecule has 0 aliphatic rings. The van der Waals surface area contributed by atoms with Gasteiger partial charge in [-0.3, -0.25) is 4.79 Å². The number of unbranched alkanes of at least 4 members (excludes halogenated alkanes) is 1. The van der Waals surface area contributed by atoms with Gasteiger partial charge in [-0.25, -0.2) is 9.97 Å². The number of carbonyl (C=O) groups excluding carboxylic acids is 1. The molecule has 1 amide bonds. The lowest BCUT2D eigenvalue weighted by Crippen LogP contribution is -2.25. The molecule has 0 atom stereocenters. The summed E-state index contributed by atoms with van der Waals surface area (Å²) in [5.41, 5.74) is 2.56. The van der Waals surface area contributed by atoms with Crippen molar-refractivity contribution in [2.75, 3.05) is 11.9 Å². The van der Waals surface area contributed by atoms with Crippen LogP contribution in [0.1, 0.15) is 56.6 Å². The smallest absolute Gasteiger partial charge is 0.270 e. The molecule has 0 aliphatic heterocycles. The molecule has 0 radical (unpaired) electrons. The Labute approximate surface area is 143 Å². The Hall–Kier alpha value is -2.43. The minimum Gasteiger partial charge on any atom is -0.351 e. The number of benzene rings is 1. The molecule has 0 bridgehead atoms. The van der Waals surface area contributed by atoms with Gasteiger partial charge in [0.25, 0.3) is 5.91 Å². The highest BCUT2D eigenvalue weighted by Crippen LogP contribution is 2.30. The largest absolute Gasteiger partial charge is 0.351 e. The monoisotopic (exact) mass is 326 g/mol. The van der Waals surface area contributed by atoms with E-state index in [0.717, 1.165) is 18.5 Å². The summed E-state index contributed by atoms with van der Waals surface area (Å²) < 4.78 is 0. The molecule has 0 spiro atoms. The van der Waals surface area contributed by atoms with E-state index in [4.69, 9.17) is 0 Å². The first-order chi connectivity index (χ1) is 11.4. The average Bonchev–Trinajstić information content (AvgIpc) is 2.55. The van der Waals surface area contributed by atoms with Crippen LogP contribution in [-0.4, -0.2) is 22.4 Å². The molecule has 5 nitrogen and oxygen atoms in total. The number of nitrogens with one attached hydrogen (secondary N) is 2. The van der Waals surface area contributed by atoms with Gasteiger partial charge in [-0.2, -0.15) is 0 Å². The Kier molecular flexibility index (Phi) is 5.90. The van der Waals surface area contributed by atoms with Crippen LogP contribution in [0.15, 0.2) is 36.7 Å². The summed E-state index contributed by atoms with van der Waals surface area (Å²) in [6.07, 6.45) is 3.41. The number of aromatic nitrogens is 2. The molecule has 0 aliphatic carbocycles. The molecular weight excluding hydrogens is 300 g/mol. The van der Waals surface area contributed by atoms with E-state index in [2.05, 4.69) is 54.4 Å². The second-order valence-corrected chi connectivity index (χ2v) is 6.82. The zero-order chi connectivity index (χ0) is 17.6. The fourth-order valence-electron chi connectivity index (χ4n) is 2.40. The lowest BCUT2D eigenvalue weighted by atomic mass is 9.86. The van der Waals surface area contributed by atoms with Crippen molar-refractivity contribution in [3.05, 3.63) is 47.9 Å². The summed E-state index contributed by atoms with van der Waals surface area (Å²) in [4.78, 5) is 20.4. The minimum absolute atomic E-state index is 0.0109. The predicted molar refractivity (Wildman–Crippen MR) is 97.7 cm³/mol. The van der Waals surface area contributed by atoms with Crippen molar-refractivity contribution in [2.24, 2.45) is 0 Å². The highest BCUT2D eigenvalue weighted by atomic mass is 16.1. The molecule has 5 heteroatoms. The molecular formula is C19H26N4O. The third kappa shape index (κ3) is 4.78. The Morgan fingerprint density at radius 1 is 1.17 bits per heavy atom. The zero-order valence-electron chi connectivity index (χ0n) is 14.9. The van der Waals surface area contributed by atoms with Crippen LogP contribution in [0, 0.1) is 0 Å². The maximum atomic E-state index is 12.1. The van der Waals surface area contributed by atoms with E-state index >= 15 is 0 Å². The van der Waals surface area contributed by atoms with Crippen LogP contribution in [0.3, 0.4) is 0 Å². The van der Waals surface area contributed by atoms with E-state index in [1.807, 2.05) is 18.2 Å². The maximum absolute atomic E-state index is 12.1. The molecule has 0 saturated heterocycles. The summed E-state index contributed by atoms with van der Waals surface area (Å²) in [5.74, 6) is 0.445. The van der Waals surface area contributed by atoms with Crippen LogP contribution < -0.4 is 10.6 Å². The number of nitrogens with zero attached hydrogens (tertiary/aromatic N) is 2. The third-order valence-corrected chi connectivity index (χ3v) is 3.71. The first-order valence-electron chi connectivity index (χ1n) is 8.38. The molecule has 2 N–H and O–H groups in total. The van der Waals surface area contributed by atoms with Gasteiger partial charge in [-0.1, -0.05) is 52.3 Å². The van der Waals surface area contributed by atoms with Crippen LogP contribution in [0.25, 0.3) is 0 Å². The van der Waals surface area contributed by atoms with Gasteiger partial charge in [0.1, 0.15) is 17.8 Å². The van der Waals surface area contributed by atoms with Crippen molar-refractivity contribution in [3.63, 3.8) is 0 Å². The average molecular weight is 326 g/mol. The molecule has 2 rings (SSSR count). The Balaban J connectivity index is 2.17. The SMILES string of the molecule is CCCCNC(=O)c1cc(Nc2ccccc2C(C)(C)C)ncn1. The summed E-state index contributed by atoms with van der Waals surface area (Å²) in [6, 6.07) is 9.81. The van der Waals surface area contributed by atoms with Gasteiger partial charge in [-0.15, -0.1) is 0 Å². The van der Waals surface area contributed by atoms with Crippen molar-refractivity contribution in [1.29, 1.82) is 0 Å². The second-order valence-electron chi connectivity index (χ2n) is 6.82. The van der Waals surface area contributed by atoms with Crippen molar-refractivity contribution >= 4 is 17.4 Å². The summed E-state index contributed by atoms with van der Waals surface area (Å²) in [6.45, 7) is 9.25. The standard InChI is InChI=1S/C19H26N4O/c1-5-6-11-20-18(24)16-12-17(22-13-21-16)23-15-10-8-7-9-14(15)19(2,3)4/h7-10,12-13H,5-6,11H2,1-4H3,(H,20,24)(H,21,22,23). The molecule has 128 valence electrons. The number of anilines is 2. The van der Waals surface area contributed by atoms with Crippen LogP contribution in [-0.2, 0) is 5.41 Å². The normalized spacial score (nSPS) is 11.2. The van der Waals surface area contributed by atoms with E-state index in [0.29, 0.717) is 18.1 Å². The van der Waals surface area contributed by atoms with Crippen LogP contribution in [0.4, 0.5) is 11.5 Å². The number of para-hydroxylation sites is 1. The fourth-order valence-corrected chi connectivity index (χ4v) is 2.40. The summed E-state index contributed by atoms with van der Waals surface area (Å²) in [7, 11) is 0. The van der Waals surface area contributed by atoms with Gasteiger partial charge in [0.2, 0.25) is 0 Å². The predicted octanol–water partition coefficient (Wildman–Crippen LogP) is 4.05. The van der Waals surface area contributed by atoms with E-state index < -0.39 is 0 Å². The molecule has 2 aromatic rings. The molecule has 24 heavy (non-hydrogen) atoms. The van der Waals surface area contributed by atoms with Crippen LogP contribution >= 0.6 is 0 Å². The lowest BCUT2D eigenvalue weighted by molar-refractivity contribution is 0.0948. The highest BCUT2D eigenvalue weighted by molar-refractivity contribution is 5.92. The fraction of sp³-hybridized carbons (Fsp3) is 0.421. The molecule has 0 unspecified atom stereocenters. The molecule has 1 heterocycles. The number of rotatable bonds is 6. The Morgan fingerprint density at radius 2 is 1.92 bits per heavy atom. The number of hydrogen-bond donors (Lipinski definition) is 2. The minimum atomic E-state index is -0.169. The topological polar surface area (TPSA) is 66.9 Å². The molecule has 0 saturated carbocycles. The zero-order valence-corrected chi connectivity index (χ0v) is 14.9. The first kappa shape index (κ1) is 17.9. The van der Waals surface area contributed by atoms with Crippen molar-refractivity contribution in [2.45, 2.75) is 46.0 Å². The number of hydrogen-bond acceptors (Lipinski definition) is 4. The maximum Gasteiger partial charge on any atom is 0.270 e. The van der Waals surface area contributed by atoms with E-state index in [9.17, 15) is 4.79 Å². The van der Waals surface area contributed by atoms with Gasteiger partial charge in [0, 0.05) is 18.3 Å². The van der Waals surface area contributed by atoms with Crippen LogP contribution in [0.5, 0.6) is 0 Å². The first-order valence-corrected chi connectivity index (χ1v) is 8.38. The molecule has 0 fully saturated rings. The van der Waals surface area contributed by atoms with Gasteiger partial charge in [-0.05, 0) is 23.5 Å². The number of amides is 1. The van der Waals surface area contributed by atoms with Crippen molar-refractivity contribution < 1.29 is 4.79 Å². The Bertz CT molecular complexity index is 692. The van der Waals surface area contributed by atoms with Crippen LogP contribution in [0.2, 0.25) is 0 Å². The van der Waals surface area contributed by atoms with Gasteiger partial charge in [0.05, 0.1) is 0 Å². The quantitative estimate of drug-likeness (QED) is 0.786.